The zero-order valence-corrected chi connectivity index (χ0v) is 16.5. The quantitative estimate of drug-likeness (QED) is 0.529. The summed E-state index contributed by atoms with van der Waals surface area (Å²) in [7, 11) is 1.64. The first-order valence-electron chi connectivity index (χ1n) is 8.54. The van der Waals surface area contributed by atoms with Crippen molar-refractivity contribution in [3.63, 3.8) is 0 Å². The predicted octanol–water partition coefficient (Wildman–Crippen LogP) is 5.57. The average molecular weight is 398 g/mol. The van der Waals surface area contributed by atoms with Gasteiger partial charge in [-0.3, -0.25) is 4.79 Å². The number of ether oxygens (including phenoxy) is 1. The van der Waals surface area contributed by atoms with Gasteiger partial charge >= 0.3 is 0 Å². The van der Waals surface area contributed by atoms with E-state index in [2.05, 4.69) is 17.4 Å². The molecule has 0 heterocycles. The van der Waals surface area contributed by atoms with Gasteiger partial charge in [-0.2, -0.15) is 0 Å². The van der Waals surface area contributed by atoms with Crippen LogP contribution in [0.2, 0.25) is 5.02 Å². The second-order valence-corrected chi connectivity index (χ2v) is 7.36. The molecule has 3 aromatic rings. The molecule has 0 aromatic heterocycles. The van der Waals surface area contributed by atoms with Crippen molar-refractivity contribution >= 4 is 29.3 Å². The minimum Gasteiger partial charge on any atom is -0.496 e. The fourth-order valence-corrected chi connectivity index (χ4v) is 3.73. The maximum absolute atomic E-state index is 12.6. The Hall–Kier alpha value is -2.43. The highest BCUT2D eigenvalue weighted by Crippen LogP contribution is 2.28. The van der Waals surface area contributed by atoms with Gasteiger partial charge in [-0.25, -0.2) is 0 Å². The molecule has 0 unspecified atom stereocenters. The molecule has 0 radical (unpaired) electrons. The van der Waals surface area contributed by atoms with E-state index in [1.165, 1.54) is 4.90 Å². The molecule has 0 aliphatic carbocycles. The normalized spacial score (nSPS) is 10.4. The molecule has 3 nitrogen and oxygen atoms in total. The van der Waals surface area contributed by atoms with E-state index in [0.29, 0.717) is 17.1 Å². The summed E-state index contributed by atoms with van der Waals surface area (Å²) < 4.78 is 5.45. The summed E-state index contributed by atoms with van der Waals surface area (Å²) in [5.74, 6) is 1.36. The highest BCUT2D eigenvalue weighted by Gasteiger charge is 2.11. The number of carbonyl (C=O) groups is 1. The fraction of sp³-hybridized carbons (Fsp3) is 0.136. The second kappa shape index (κ2) is 9.49. The number of nitrogens with one attached hydrogen (secondary N) is 1. The van der Waals surface area contributed by atoms with E-state index in [-0.39, 0.29) is 5.91 Å². The van der Waals surface area contributed by atoms with Gasteiger partial charge in [-0.15, -0.1) is 11.8 Å². The predicted molar refractivity (Wildman–Crippen MR) is 112 cm³/mol. The molecule has 138 valence electrons. The van der Waals surface area contributed by atoms with Crippen LogP contribution in [-0.4, -0.2) is 13.0 Å². The van der Waals surface area contributed by atoms with E-state index in [4.69, 9.17) is 16.3 Å². The molecule has 3 aromatic carbocycles. The zero-order valence-electron chi connectivity index (χ0n) is 14.9. The van der Waals surface area contributed by atoms with Crippen LogP contribution in [0.4, 0.5) is 0 Å². The maximum atomic E-state index is 12.6. The van der Waals surface area contributed by atoms with Crippen molar-refractivity contribution in [2.45, 2.75) is 17.2 Å². The van der Waals surface area contributed by atoms with Crippen LogP contribution in [0, 0.1) is 0 Å². The Bertz CT molecular complexity index is 915. The third-order valence-corrected chi connectivity index (χ3v) is 5.51. The molecular formula is C22H20ClNO2S. The molecule has 1 N–H and O–H groups in total. The van der Waals surface area contributed by atoms with E-state index in [1.807, 2.05) is 54.6 Å². The minimum atomic E-state index is -0.136. The number of carbonyl (C=O) groups excluding carboxylic acids is 1. The molecular weight excluding hydrogens is 378 g/mol. The van der Waals surface area contributed by atoms with Gasteiger partial charge < -0.3 is 10.1 Å². The van der Waals surface area contributed by atoms with Gasteiger partial charge in [-0.1, -0.05) is 48.0 Å². The third-order valence-electron chi connectivity index (χ3n) is 4.08. The minimum absolute atomic E-state index is 0.136. The van der Waals surface area contributed by atoms with Crippen LogP contribution in [-0.2, 0) is 12.3 Å². The van der Waals surface area contributed by atoms with Crippen LogP contribution in [0.3, 0.4) is 0 Å². The lowest BCUT2D eigenvalue weighted by Gasteiger charge is -2.12. The van der Waals surface area contributed by atoms with E-state index in [0.717, 1.165) is 22.6 Å². The molecule has 3 rings (SSSR count). The van der Waals surface area contributed by atoms with Gasteiger partial charge in [0.2, 0.25) is 0 Å². The van der Waals surface area contributed by atoms with Crippen LogP contribution >= 0.6 is 23.4 Å². The molecule has 1 amide bonds. The Labute approximate surface area is 168 Å². The molecule has 0 saturated carbocycles. The summed E-state index contributed by atoms with van der Waals surface area (Å²) in [6.45, 7) is 0.388. The summed E-state index contributed by atoms with van der Waals surface area (Å²) in [6, 6.07) is 23.1. The van der Waals surface area contributed by atoms with Crippen LogP contribution in [0.25, 0.3) is 0 Å². The van der Waals surface area contributed by atoms with E-state index in [1.54, 1.807) is 24.9 Å². The topological polar surface area (TPSA) is 38.3 Å². The largest absolute Gasteiger partial charge is 0.496 e. The lowest BCUT2D eigenvalue weighted by atomic mass is 10.1. The number of hydrogen-bond acceptors (Lipinski definition) is 3. The first kappa shape index (κ1) is 19.3. The highest BCUT2D eigenvalue weighted by molar-refractivity contribution is 7.98. The molecule has 0 atom stereocenters. The Morgan fingerprint density at radius 1 is 1.00 bits per heavy atom. The van der Waals surface area contributed by atoms with Crippen molar-refractivity contribution in [1.82, 2.24) is 5.32 Å². The van der Waals surface area contributed by atoms with E-state index in [9.17, 15) is 4.79 Å². The summed E-state index contributed by atoms with van der Waals surface area (Å²) in [5.41, 5.74) is 2.48. The molecule has 0 fully saturated rings. The smallest absolute Gasteiger partial charge is 0.251 e. The number of methoxy groups -OCH3 is 1. The maximum Gasteiger partial charge on any atom is 0.251 e. The molecule has 5 heteroatoms. The third kappa shape index (κ3) is 5.28. The first-order chi connectivity index (χ1) is 13.2. The number of halogens is 1. The summed E-state index contributed by atoms with van der Waals surface area (Å²) >= 11 is 7.85. The van der Waals surface area contributed by atoms with Crippen molar-refractivity contribution in [2.75, 3.05) is 7.11 Å². The molecule has 0 bridgehead atoms. The number of amides is 1. The first-order valence-corrected chi connectivity index (χ1v) is 9.90. The molecule has 27 heavy (non-hydrogen) atoms. The van der Waals surface area contributed by atoms with Crippen molar-refractivity contribution in [1.29, 1.82) is 0 Å². The van der Waals surface area contributed by atoms with Crippen LogP contribution < -0.4 is 10.1 Å². The van der Waals surface area contributed by atoms with Gasteiger partial charge in [-0.05, 0) is 42.0 Å². The lowest BCUT2D eigenvalue weighted by molar-refractivity contribution is 0.0951. The number of benzene rings is 3. The Balaban J connectivity index is 1.70. The van der Waals surface area contributed by atoms with Crippen molar-refractivity contribution < 1.29 is 9.53 Å². The van der Waals surface area contributed by atoms with Crippen LogP contribution in [0.15, 0.2) is 77.7 Å². The van der Waals surface area contributed by atoms with Crippen molar-refractivity contribution in [2.24, 2.45) is 0 Å². The van der Waals surface area contributed by atoms with Gasteiger partial charge in [0.1, 0.15) is 5.75 Å². The highest BCUT2D eigenvalue weighted by atomic mass is 35.5. The second-order valence-electron chi connectivity index (χ2n) is 5.90. The van der Waals surface area contributed by atoms with Crippen molar-refractivity contribution in [3.05, 3.63) is 94.5 Å². The lowest BCUT2D eigenvalue weighted by Crippen LogP contribution is -2.23. The average Bonchev–Trinajstić information content (AvgIpc) is 2.72. The number of hydrogen-bond donors (Lipinski definition) is 1. The van der Waals surface area contributed by atoms with E-state index >= 15 is 0 Å². The standard InChI is InChI=1S/C22H20ClNO2S/c1-26-21-12-11-16(13-18(21)15-27-19-8-3-2-4-9-19)22(25)24-14-17-7-5-6-10-20(17)23/h2-13H,14-15H2,1H3,(H,24,25). The zero-order chi connectivity index (χ0) is 19.1. The summed E-state index contributed by atoms with van der Waals surface area (Å²) in [4.78, 5) is 13.7. The summed E-state index contributed by atoms with van der Waals surface area (Å²) in [6.07, 6.45) is 0. The van der Waals surface area contributed by atoms with Gasteiger partial charge in [0.25, 0.3) is 5.91 Å². The Kier molecular flexibility index (Phi) is 6.80. The van der Waals surface area contributed by atoms with Gasteiger partial charge in [0.05, 0.1) is 7.11 Å². The molecule has 0 aliphatic rings. The fourth-order valence-electron chi connectivity index (χ4n) is 2.63. The SMILES string of the molecule is COc1ccc(C(=O)NCc2ccccc2Cl)cc1CSc1ccccc1. The van der Waals surface area contributed by atoms with Crippen LogP contribution in [0.1, 0.15) is 21.5 Å². The summed E-state index contributed by atoms with van der Waals surface area (Å²) in [5, 5.41) is 3.57. The van der Waals surface area contributed by atoms with Crippen molar-refractivity contribution in [3.8, 4) is 5.75 Å². The van der Waals surface area contributed by atoms with Gasteiger partial charge in [0.15, 0.2) is 0 Å². The molecule has 0 saturated heterocycles. The number of thioether (sulfide) groups is 1. The number of rotatable bonds is 7. The van der Waals surface area contributed by atoms with Gasteiger partial charge in [0, 0.05) is 33.3 Å². The van der Waals surface area contributed by atoms with Crippen LogP contribution in [0.5, 0.6) is 5.75 Å². The Morgan fingerprint density at radius 2 is 1.74 bits per heavy atom. The molecule has 0 aliphatic heterocycles. The molecule has 0 spiro atoms. The van der Waals surface area contributed by atoms with E-state index < -0.39 is 0 Å². The Morgan fingerprint density at radius 3 is 2.48 bits per heavy atom. The monoisotopic (exact) mass is 397 g/mol.